The van der Waals surface area contributed by atoms with Gasteiger partial charge in [0.15, 0.2) is 0 Å². The smallest absolute Gasteiger partial charge is 0.106 e. The molecule has 4 nitrogen and oxygen atoms in total. The quantitative estimate of drug-likeness (QED) is 0.834. The lowest BCUT2D eigenvalue weighted by Crippen LogP contribution is -2.23. The third kappa shape index (κ3) is 3.42. The van der Waals surface area contributed by atoms with Crippen LogP contribution in [0.2, 0.25) is 0 Å². The number of hydrogen-bond donors (Lipinski definition) is 1. The topological polar surface area (TPSA) is 47.1 Å². The van der Waals surface area contributed by atoms with E-state index in [0.29, 0.717) is 4.99 Å². The van der Waals surface area contributed by atoms with Gasteiger partial charge in [-0.3, -0.25) is 4.68 Å². The molecule has 1 aromatic heterocycles. The maximum atomic E-state index is 5.81. The summed E-state index contributed by atoms with van der Waals surface area (Å²) in [4.78, 5) is 2.59. The number of nitrogens with zero attached hydrogens (tertiary/aromatic N) is 3. The number of nitrogens with two attached hydrogens (primary N) is 1. The summed E-state index contributed by atoms with van der Waals surface area (Å²) in [5.41, 5.74) is 10.1. The number of para-hydroxylation sites is 1. The zero-order valence-electron chi connectivity index (χ0n) is 12.8. The highest BCUT2D eigenvalue weighted by atomic mass is 32.1. The van der Waals surface area contributed by atoms with Crippen LogP contribution in [0.25, 0.3) is 0 Å². The van der Waals surface area contributed by atoms with E-state index < -0.39 is 0 Å². The zero-order chi connectivity index (χ0) is 15.4. The summed E-state index contributed by atoms with van der Waals surface area (Å²) in [5.74, 6) is 0. The van der Waals surface area contributed by atoms with Gasteiger partial charge in [-0.15, -0.1) is 0 Å². The SMILES string of the molecule is CCc1cc(CN(C)c2ccccc2C(N)=S)n(CC)n1. The zero-order valence-corrected chi connectivity index (χ0v) is 13.7. The van der Waals surface area contributed by atoms with Crippen molar-refractivity contribution in [2.75, 3.05) is 11.9 Å². The van der Waals surface area contributed by atoms with Crippen LogP contribution in [0, 0.1) is 0 Å². The fraction of sp³-hybridized carbons (Fsp3) is 0.375. The molecular formula is C16H22N4S. The van der Waals surface area contributed by atoms with Gasteiger partial charge in [0.05, 0.1) is 17.9 Å². The molecule has 0 saturated carbocycles. The molecule has 0 radical (unpaired) electrons. The van der Waals surface area contributed by atoms with Crippen molar-refractivity contribution < 1.29 is 0 Å². The minimum atomic E-state index is 0.427. The number of anilines is 1. The number of aromatic nitrogens is 2. The van der Waals surface area contributed by atoms with E-state index in [1.54, 1.807) is 0 Å². The lowest BCUT2D eigenvalue weighted by Gasteiger charge is -2.22. The van der Waals surface area contributed by atoms with Gasteiger partial charge < -0.3 is 10.6 Å². The second kappa shape index (κ2) is 6.72. The van der Waals surface area contributed by atoms with Gasteiger partial charge in [0, 0.05) is 24.8 Å². The van der Waals surface area contributed by atoms with Crippen molar-refractivity contribution in [1.82, 2.24) is 9.78 Å². The van der Waals surface area contributed by atoms with Crippen LogP contribution >= 0.6 is 12.2 Å². The Morgan fingerprint density at radius 1 is 1.33 bits per heavy atom. The molecule has 21 heavy (non-hydrogen) atoms. The van der Waals surface area contributed by atoms with Crippen molar-refractivity contribution in [3.8, 4) is 0 Å². The van der Waals surface area contributed by atoms with E-state index >= 15 is 0 Å². The predicted molar refractivity (Wildman–Crippen MR) is 91.7 cm³/mol. The summed E-state index contributed by atoms with van der Waals surface area (Å²) in [6.45, 7) is 5.89. The molecule has 112 valence electrons. The van der Waals surface area contributed by atoms with Gasteiger partial charge in [-0.2, -0.15) is 5.10 Å². The van der Waals surface area contributed by atoms with Crippen LogP contribution in [0.1, 0.15) is 30.8 Å². The van der Waals surface area contributed by atoms with E-state index in [1.807, 2.05) is 24.3 Å². The van der Waals surface area contributed by atoms with Crippen LogP contribution in [0.3, 0.4) is 0 Å². The average molecular weight is 302 g/mol. The second-order valence-electron chi connectivity index (χ2n) is 5.03. The molecule has 0 aliphatic rings. The normalized spacial score (nSPS) is 10.6. The highest BCUT2D eigenvalue weighted by Crippen LogP contribution is 2.21. The van der Waals surface area contributed by atoms with Gasteiger partial charge in [-0.1, -0.05) is 31.3 Å². The van der Waals surface area contributed by atoms with Crippen LogP contribution in [-0.4, -0.2) is 21.8 Å². The van der Waals surface area contributed by atoms with Crippen LogP contribution in [0.15, 0.2) is 30.3 Å². The Morgan fingerprint density at radius 2 is 2.05 bits per heavy atom. The van der Waals surface area contributed by atoms with Crippen LogP contribution in [0.4, 0.5) is 5.69 Å². The largest absolute Gasteiger partial charge is 0.389 e. The second-order valence-corrected chi connectivity index (χ2v) is 5.47. The third-order valence-corrected chi connectivity index (χ3v) is 3.78. The highest BCUT2D eigenvalue weighted by Gasteiger charge is 2.12. The summed E-state index contributed by atoms with van der Waals surface area (Å²) < 4.78 is 2.05. The predicted octanol–water partition coefficient (Wildman–Crippen LogP) is 2.74. The fourth-order valence-corrected chi connectivity index (χ4v) is 2.60. The molecule has 2 aromatic rings. The summed E-state index contributed by atoms with van der Waals surface area (Å²) in [6.07, 6.45) is 0.952. The van der Waals surface area contributed by atoms with Crippen molar-refractivity contribution in [3.05, 3.63) is 47.3 Å². The molecule has 2 rings (SSSR count). The van der Waals surface area contributed by atoms with E-state index in [0.717, 1.165) is 36.5 Å². The van der Waals surface area contributed by atoms with Crippen LogP contribution in [-0.2, 0) is 19.5 Å². The van der Waals surface area contributed by atoms with Gasteiger partial charge in [-0.05, 0) is 31.5 Å². The van der Waals surface area contributed by atoms with Crippen molar-refractivity contribution in [2.24, 2.45) is 5.73 Å². The van der Waals surface area contributed by atoms with Gasteiger partial charge in [0.2, 0.25) is 0 Å². The molecule has 1 aromatic carbocycles. The Morgan fingerprint density at radius 3 is 2.67 bits per heavy atom. The van der Waals surface area contributed by atoms with E-state index in [1.165, 1.54) is 5.69 Å². The Labute approximate surface area is 131 Å². The molecule has 0 bridgehead atoms. The standard InChI is InChI=1S/C16H22N4S/c1-4-12-10-13(20(5-2)18-12)11-19(3)15-9-7-6-8-14(15)16(17)21/h6-10H,4-5,11H2,1-3H3,(H2,17,21). The number of hydrogen-bond acceptors (Lipinski definition) is 3. The maximum Gasteiger partial charge on any atom is 0.106 e. The first-order valence-electron chi connectivity index (χ1n) is 7.22. The van der Waals surface area contributed by atoms with Gasteiger partial charge in [-0.25, -0.2) is 0 Å². The first kappa shape index (κ1) is 15.5. The van der Waals surface area contributed by atoms with Gasteiger partial charge in [0.25, 0.3) is 0 Å². The number of aryl methyl sites for hydroxylation is 2. The summed E-state index contributed by atoms with van der Waals surface area (Å²) in [6, 6.07) is 10.1. The summed E-state index contributed by atoms with van der Waals surface area (Å²) in [7, 11) is 2.05. The van der Waals surface area contributed by atoms with Crippen molar-refractivity contribution in [1.29, 1.82) is 0 Å². The van der Waals surface area contributed by atoms with Crippen molar-refractivity contribution >= 4 is 22.9 Å². The summed E-state index contributed by atoms with van der Waals surface area (Å²) >= 11 is 5.14. The molecule has 0 spiro atoms. The van der Waals surface area contributed by atoms with Crippen molar-refractivity contribution in [3.63, 3.8) is 0 Å². The number of thiocarbonyl (C=S) groups is 1. The van der Waals surface area contributed by atoms with E-state index in [9.17, 15) is 0 Å². The minimum absolute atomic E-state index is 0.427. The molecule has 0 amide bonds. The van der Waals surface area contributed by atoms with E-state index in [2.05, 4.69) is 41.6 Å². The van der Waals surface area contributed by atoms with E-state index in [4.69, 9.17) is 18.0 Å². The number of rotatable bonds is 6. The van der Waals surface area contributed by atoms with Crippen molar-refractivity contribution in [2.45, 2.75) is 33.4 Å². The van der Waals surface area contributed by atoms with Crippen LogP contribution in [0.5, 0.6) is 0 Å². The lowest BCUT2D eigenvalue weighted by atomic mass is 10.1. The van der Waals surface area contributed by atoms with E-state index in [-0.39, 0.29) is 0 Å². The van der Waals surface area contributed by atoms with Crippen LogP contribution < -0.4 is 10.6 Å². The van der Waals surface area contributed by atoms with Gasteiger partial charge >= 0.3 is 0 Å². The average Bonchev–Trinajstić information content (AvgIpc) is 2.89. The lowest BCUT2D eigenvalue weighted by molar-refractivity contribution is 0.610. The molecule has 0 aliphatic heterocycles. The van der Waals surface area contributed by atoms with Gasteiger partial charge in [0.1, 0.15) is 4.99 Å². The monoisotopic (exact) mass is 302 g/mol. The molecule has 5 heteroatoms. The molecule has 2 N–H and O–H groups in total. The first-order chi connectivity index (χ1) is 10.1. The molecule has 0 aliphatic carbocycles. The maximum absolute atomic E-state index is 5.81. The molecule has 0 unspecified atom stereocenters. The Hall–Kier alpha value is -1.88. The first-order valence-corrected chi connectivity index (χ1v) is 7.63. The minimum Gasteiger partial charge on any atom is -0.389 e. The molecular weight excluding hydrogens is 280 g/mol. The molecule has 0 fully saturated rings. The summed E-state index contributed by atoms with van der Waals surface area (Å²) in [5, 5.41) is 4.59. The Kier molecular flexibility index (Phi) is 4.96. The molecule has 0 saturated heterocycles. The molecule has 1 heterocycles. The highest BCUT2D eigenvalue weighted by molar-refractivity contribution is 7.80. The number of benzene rings is 1. The fourth-order valence-electron chi connectivity index (χ4n) is 2.43. The molecule has 0 atom stereocenters. The Bertz CT molecular complexity index is 633. The Balaban J connectivity index is 2.28. The third-order valence-electron chi connectivity index (χ3n) is 3.56.